The van der Waals surface area contributed by atoms with Crippen LogP contribution in [0.5, 0.6) is 0 Å². The van der Waals surface area contributed by atoms with E-state index in [1.54, 1.807) is 0 Å². The molecule has 0 aromatic carbocycles. The maximum absolute atomic E-state index is 4.63. The van der Waals surface area contributed by atoms with Gasteiger partial charge < -0.3 is 15.1 Å². The van der Waals surface area contributed by atoms with Gasteiger partial charge in [-0.05, 0) is 27.9 Å². The quantitative estimate of drug-likeness (QED) is 0.852. The van der Waals surface area contributed by atoms with Crippen LogP contribution in [0, 0.1) is 6.92 Å². The fraction of sp³-hybridized carbons (Fsp3) is 0.692. The molecule has 1 aliphatic heterocycles. The molecule has 1 aromatic rings. The molecule has 1 fully saturated rings. The number of nitrogens with one attached hydrogen (secondary N) is 1. The topological polar surface area (TPSA) is 44.3 Å². The minimum Gasteiger partial charge on any atom is -0.353 e. The molecule has 1 unspecified atom stereocenters. The van der Waals surface area contributed by atoms with Crippen molar-refractivity contribution in [1.29, 1.82) is 0 Å². The lowest BCUT2D eigenvalue weighted by molar-refractivity contribution is 0.233. The minimum atomic E-state index is 0.566. The summed E-state index contributed by atoms with van der Waals surface area (Å²) in [5.41, 5.74) is 1.18. The third kappa shape index (κ3) is 2.79. The van der Waals surface area contributed by atoms with Gasteiger partial charge in [-0.3, -0.25) is 0 Å². The van der Waals surface area contributed by atoms with Crippen molar-refractivity contribution in [2.45, 2.75) is 26.4 Å². The number of hydrogen-bond donors (Lipinski definition) is 1. The monoisotopic (exact) mass is 249 g/mol. The van der Waals surface area contributed by atoms with Gasteiger partial charge in [-0.2, -0.15) is 0 Å². The zero-order chi connectivity index (χ0) is 13.1. The van der Waals surface area contributed by atoms with Crippen LogP contribution in [-0.2, 0) is 6.54 Å². The highest BCUT2D eigenvalue weighted by molar-refractivity contribution is 5.46. The molecule has 0 saturated carbocycles. The van der Waals surface area contributed by atoms with Crippen molar-refractivity contribution in [3.63, 3.8) is 0 Å². The first-order chi connectivity index (χ1) is 8.61. The molecule has 2 rings (SSSR count). The summed E-state index contributed by atoms with van der Waals surface area (Å²) < 4.78 is 0. The van der Waals surface area contributed by atoms with Gasteiger partial charge in [0.1, 0.15) is 11.6 Å². The molecule has 5 nitrogen and oxygen atoms in total. The number of nitrogens with zero attached hydrogens (tertiary/aromatic N) is 4. The Hall–Kier alpha value is -1.20. The first-order valence-electron chi connectivity index (χ1n) is 6.54. The van der Waals surface area contributed by atoms with Crippen LogP contribution in [0.15, 0.2) is 6.20 Å². The second-order valence-corrected chi connectivity index (χ2v) is 5.07. The van der Waals surface area contributed by atoms with E-state index in [9.17, 15) is 0 Å². The van der Waals surface area contributed by atoms with Crippen LogP contribution in [0.25, 0.3) is 0 Å². The predicted octanol–water partition coefficient (Wildman–Crippen LogP) is 0.645. The molecule has 1 atom stereocenters. The number of aryl methyl sites for hydroxylation is 1. The van der Waals surface area contributed by atoms with E-state index in [0.717, 1.165) is 37.8 Å². The Morgan fingerprint density at radius 3 is 2.89 bits per heavy atom. The van der Waals surface area contributed by atoms with Crippen LogP contribution in [0.3, 0.4) is 0 Å². The molecule has 1 saturated heterocycles. The summed E-state index contributed by atoms with van der Waals surface area (Å²) in [6.07, 6.45) is 1.94. The van der Waals surface area contributed by atoms with Gasteiger partial charge in [0.25, 0.3) is 0 Å². The van der Waals surface area contributed by atoms with Crippen molar-refractivity contribution in [3.8, 4) is 0 Å². The van der Waals surface area contributed by atoms with E-state index < -0.39 is 0 Å². The summed E-state index contributed by atoms with van der Waals surface area (Å²) in [4.78, 5) is 13.7. The molecule has 5 heteroatoms. The highest BCUT2D eigenvalue weighted by atomic mass is 15.3. The van der Waals surface area contributed by atoms with E-state index in [2.05, 4.69) is 39.1 Å². The zero-order valence-electron chi connectivity index (χ0n) is 11.8. The maximum atomic E-state index is 4.63. The van der Waals surface area contributed by atoms with Crippen LogP contribution in [0.2, 0.25) is 0 Å². The van der Waals surface area contributed by atoms with Crippen LogP contribution in [0.4, 0.5) is 5.82 Å². The van der Waals surface area contributed by atoms with E-state index in [4.69, 9.17) is 0 Å². The van der Waals surface area contributed by atoms with E-state index in [-0.39, 0.29) is 0 Å². The molecule has 0 radical (unpaired) electrons. The first-order valence-corrected chi connectivity index (χ1v) is 6.54. The summed E-state index contributed by atoms with van der Waals surface area (Å²) in [5.74, 6) is 1.94. The number of piperazine rings is 1. The highest BCUT2D eigenvalue weighted by Gasteiger charge is 2.23. The Morgan fingerprint density at radius 2 is 2.22 bits per heavy atom. The number of likely N-dealkylation sites (N-methyl/N-ethyl adjacent to an activating group) is 1. The lowest BCUT2D eigenvalue weighted by atomic mass is 10.2. The Labute approximate surface area is 109 Å². The van der Waals surface area contributed by atoms with Gasteiger partial charge in [-0.1, -0.05) is 0 Å². The molecule has 18 heavy (non-hydrogen) atoms. The third-order valence-electron chi connectivity index (χ3n) is 3.59. The Kier molecular flexibility index (Phi) is 4.14. The maximum Gasteiger partial charge on any atom is 0.136 e. The minimum absolute atomic E-state index is 0.566. The molecule has 2 heterocycles. The molecule has 0 amide bonds. The van der Waals surface area contributed by atoms with Crippen LogP contribution >= 0.6 is 0 Å². The van der Waals surface area contributed by atoms with E-state index in [1.165, 1.54) is 5.56 Å². The molecular weight excluding hydrogens is 226 g/mol. The number of hydrogen-bond acceptors (Lipinski definition) is 5. The molecule has 1 aromatic heterocycles. The SMILES string of the molecule is CNCc1cnc(C)nc1N1CCN(C)C(C)C1. The van der Waals surface area contributed by atoms with Crippen molar-refractivity contribution in [3.05, 3.63) is 17.6 Å². The Morgan fingerprint density at radius 1 is 1.44 bits per heavy atom. The summed E-state index contributed by atoms with van der Waals surface area (Å²) in [5, 5.41) is 3.19. The highest BCUT2D eigenvalue weighted by Crippen LogP contribution is 2.20. The lowest BCUT2D eigenvalue weighted by Crippen LogP contribution is -2.50. The van der Waals surface area contributed by atoms with Gasteiger partial charge >= 0.3 is 0 Å². The molecule has 0 spiro atoms. The molecule has 0 bridgehead atoms. The van der Waals surface area contributed by atoms with Crippen LogP contribution in [0.1, 0.15) is 18.3 Å². The van der Waals surface area contributed by atoms with Crippen molar-refractivity contribution in [1.82, 2.24) is 20.2 Å². The van der Waals surface area contributed by atoms with Crippen LogP contribution < -0.4 is 10.2 Å². The number of anilines is 1. The fourth-order valence-electron chi connectivity index (χ4n) is 2.31. The largest absolute Gasteiger partial charge is 0.353 e. The molecular formula is C13H23N5. The number of aromatic nitrogens is 2. The summed E-state index contributed by atoms with van der Waals surface area (Å²) >= 11 is 0. The summed E-state index contributed by atoms with van der Waals surface area (Å²) in [6.45, 7) is 8.18. The third-order valence-corrected chi connectivity index (χ3v) is 3.59. The normalized spacial score (nSPS) is 21.3. The van der Waals surface area contributed by atoms with Gasteiger partial charge in [0, 0.05) is 44.0 Å². The van der Waals surface area contributed by atoms with Crippen LogP contribution in [-0.4, -0.2) is 54.6 Å². The Balaban J connectivity index is 2.23. The predicted molar refractivity (Wildman–Crippen MR) is 73.8 cm³/mol. The molecule has 1 aliphatic rings. The van der Waals surface area contributed by atoms with Crippen molar-refractivity contribution >= 4 is 5.82 Å². The molecule has 1 N–H and O–H groups in total. The zero-order valence-corrected chi connectivity index (χ0v) is 11.8. The second kappa shape index (κ2) is 5.63. The van der Waals surface area contributed by atoms with E-state index in [1.807, 2.05) is 20.2 Å². The van der Waals surface area contributed by atoms with E-state index >= 15 is 0 Å². The number of rotatable bonds is 3. The fourth-order valence-corrected chi connectivity index (χ4v) is 2.31. The standard InChI is InChI=1S/C13H23N5/c1-10-9-18(6-5-17(10)4)13-12(7-14-3)8-15-11(2)16-13/h8,10,14H,5-7,9H2,1-4H3. The second-order valence-electron chi connectivity index (χ2n) is 5.07. The van der Waals surface area contributed by atoms with Crippen molar-refractivity contribution in [2.24, 2.45) is 0 Å². The summed E-state index contributed by atoms with van der Waals surface area (Å²) in [7, 11) is 4.14. The lowest BCUT2D eigenvalue weighted by Gasteiger charge is -2.39. The smallest absolute Gasteiger partial charge is 0.136 e. The van der Waals surface area contributed by atoms with E-state index in [0.29, 0.717) is 6.04 Å². The first kappa shape index (κ1) is 13.2. The molecule has 100 valence electrons. The van der Waals surface area contributed by atoms with Gasteiger partial charge in [0.2, 0.25) is 0 Å². The summed E-state index contributed by atoms with van der Waals surface area (Å²) in [6, 6.07) is 0.566. The van der Waals surface area contributed by atoms with Gasteiger partial charge in [-0.25, -0.2) is 9.97 Å². The van der Waals surface area contributed by atoms with Gasteiger partial charge in [-0.15, -0.1) is 0 Å². The van der Waals surface area contributed by atoms with Gasteiger partial charge in [0.05, 0.1) is 0 Å². The van der Waals surface area contributed by atoms with Crippen molar-refractivity contribution < 1.29 is 0 Å². The molecule has 0 aliphatic carbocycles. The average molecular weight is 249 g/mol. The average Bonchev–Trinajstić information content (AvgIpc) is 2.35. The van der Waals surface area contributed by atoms with Crippen molar-refractivity contribution in [2.75, 3.05) is 38.6 Å². The Bertz CT molecular complexity index is 406. The van der Waals surface area contributed by atoms with Gasteiger partial charge in [0.15, 0.2) is 0 Å².